The summed E-state index contributed by atoms with van der Waals surface area (Å²) >= 11 is 15.1. The van der Waals surface area contributed by atoms with Crippen molar-refractivity contribution in [1.29, 1.82) is 0 Å². The van der Waals surface area contributed by atoms with Crippen LogP contribution in [0.1, 0.15) is 0 Å². The number of rotatable bonds is 1. The van der Waals surface area contributed by atoms with Crippen LogP contribution in [0.15, 0.2) is 34.9 Å². The van der Waals surface area contributed by atoms with E-state index in [1.54, 1.807) is 28.8 Å². The van der Waals surface area contributed by atoms with E-state index in [1.165, 1.54) is 6.07 Å². The molecule has 0 atom stereocenters. The summed E-state index contributed by atoms with van der Waals surface area (Å²) in [6.45, 7) is 0. The van der Waals surface area contributed by atoms with Crippen molar-refractivity contribution in [3.05, 3.63) is 50.8 Å². The van der Waals surface area contributed by atoms with Crippen molar-refractivity contribution in [2.24, 2.45) is 0 Å². The summed E-state index contributed by atoms with van der Waals surface area (Å²) in [6.07, 6.45) is 1.61. The van der Waals surface area contributed by atoms with E-state index in [0.29, 0.717) is 37.2 Å². The van der Waals surface area contributed by atoms with Gasteiger partial charge in [-0.15, -0.1) is 0 Å². The maximum absolute atomic E-state index is 13.6. The molecule has 3 nitrogen and oxygen atoms in total. The summed E-state index contributed by atoms with van der Waals surface area (Å²) < 4.78 is 15.6. The Kier molecular flexibility index (Phi) is 3.36. The maximum atomic E-state index is 13.6. The molecule has 0 radical (unpaired) electrons. The van der Waals surface area contributed by atoms with Gasteiger partial charge in [0.25, 0.3) is 0 Å². The molecule has 0 aliphatic carbocycles. The van der Waals surface area contributed by atoms with E-state index in [9.17, 15) is 4.39 Å². The minimum absolute atomic E-state index is 0.353. The number of nitrogens with zero attached hydrogens (tertiary/aromatic N) is 2. The Morgan fingerprint density at radius 3 is 2.70 bits per heavy atom. The van der Waals surface area contributed by atoms with Gasteiger partial charge in [-0.2, -0.15) is 0 Å². The van der Waals surface area contributed by atoms with Crippen molar-refractivity contribution < 1.29 is 4.39 Å². The van der Waals surface area contributed by atoms with Crippen molar-refractivity contribution in [3.8, 4) is 11.3 Å². The number of pyridine rings is 1. The molecule has 0 amide bonds. The zero-order chi connectivity index (χ0) is 14.4. The van der Waals surface area contributed by atoms with E-state index in [0.717, 1.165) is 0 Å². The van der Waals surface area contributed by atoms with Gasteiger partial charge in [-0.1, -0.05) is 29.3 Å². The maximum Gasteiger partial charge on any atom is 0.158 e. The number of imidazole rings is 1. The molecule has 0 saturated carbocycles. The molecule has 0 unspecified atom stereocenters. The molecule has 3 rings (SSSR count). The van der Waals surface area contributed by atoms with Crippen molar-refractivity contribution in [1.82, 2.24) is 9.38 Å². The number of fused-ring (bicyclic) bond motifs is 1. The average Bonchev–Trinajstić information content (AvgIpc) is 2.71. The van der Waals surface area contributed by atoms with Crippen molar-refractivity contribution in [3.63, 3.8) is 0 Å². The Bertz CT molecular complexity index is 832. The van der Waals surface area contributed by atoms with Crippen molar-refractivity contribution in [2.75, 3.05) is 5.73 Å². The second-order valence-corrected chi connectivity index (χ2v) is 5.87. The highest BCUT2D eigenvalue weighted by Gasteiger charge is 2.15. The zero-order valence-electron chi connectivity index (χ0n) is 9.87. The molecule has 0 fully saturated rings. The fourth-order valence-electron chi connectivity index (χ4n) is 1.95. The molecule has 0 bridgehead atoms. The molecular weight excluding hydrogens is 368 g/mol. The number of hydrogen-bond acceptors (Lipinski definition) is 2. The van der Waals surface area contributed by atoms with Gasteiger partial charge in [0.05, 0.1) is 14.5 Å². The third kappa shape index (κ3) is 2.16. The quantitative estimate of drug-likeness (QED) is 0.665. The van der Waals surface area contributed by atoms with Gasteiger partial charge in [-0.25, -0.2) is 9.37 Å². The van der Waals surface area contributed by atoms with E-state index < -0.39 is 0 Å². The van der Waals surface area contributed by atoms with Gasteiger partial charge in [0.2, 0.25) is 0 Å². The molecule has 20 heavy (non-hydrogen) atoms. The highest BCUT2D eigenvalue weighted by Crippen LogP contribution is 2.32. The first-order valence-corrected chi connectivity index (χ1v) is 7.10. The molecule has 7 heteroatoms. The molecule has 3 aromatic rings. The van der Waals surface area contributed by atoms with E-state index in [1.807, 2.05) is 0 Å². The first-order chi connectivity index (χ1) is 9.47. The summed E-state index contributed by atoms with van der Waals surface area (Å²) in [7, 11) is 0. The Morgan fingerprint density at radius 1 is 1.25 bits per heavy atom. The van der Waals surface area contributed by atoms with Crippen LogP contribution in [0.3, 0.4) is 0 Å². The van der Waals surface area contributed by atoms with Gasteiger partial charge in [0.1, 0.15) is 17.3 Å². The summed E-state index contributed by atoms with van der Waals surface area (Å²) in [5, 5.41) is 0.827. The van der Waals surface area contributed by atoms with Crippen LogP contribution < -0.4 is 5.73 Å². The Labute approximate surface area is 132 Å². The summed E-state index contributed by atoms with van der Waals surface area (Å²) in [4.78, 5) is 4.36. The zero-order valence-corrected chi connectivity index (χ0v) is 13.0. The van der Waals surface area contributed by atoms with Crippen LogP contribution in [0, 0.1) is 5.82 Å². The molecule has 0 aliphatic rings. The minimum Gasteiger partial charge on any atom is -0.383 e. The van der Waals surface area contributed by atoms with E-state index in [2.05, 4.69) is 20.9 Å². The highest BCUT2D eigenvalue weighted by molar-refractivity contribution is 9.10. The third-order valence-corrected chi connectivity index (χ3v) is 4.00. The molecule has 2 aromatic heterocycles. The molecule has 0 aliphatic heterocycles. The Morgan fingerprint density at radius 2 is 2.00 bits per heavy atom. The smallest absolute Gasteiger partial charge is 0.158 e. The summed E-state index contributed by atoms with van der Waals surface area (Å²) in [5.41, 5.74) is 7.55. The van der Waals surface area contributed by atoms with Crippen LogP contribution in [0.25, 0.3) is 16.9 Å². The van der Waals surface area contributed by atoms with Gasteiger partial charge in [-0.3, -0.25) is 4.40 Å². The molecule has 0 saturated heterocycles. The number of nitrogens with two attached hydrogens (primary N) is 1. The molecule has 102 valence electrons. The second-order valence-electron chi connectivity index (χ2n) is 4.17. The number of benzene rings is 1. The first-order valence-electron chi connectivity index (χ1n) is 5.55. The average molecular weight is 375 g/mol. The van der Waals surface area contributed by atoms with E-state index in [-0.39, 0.29) is 5.82 Å². The Hall–Kier alpha value is -1.30. The summed E-state index contributed by atoms with van der Waals surface area (Å²) in [5.74, 6) is -0.0331. The number of nitrogen functional groups attached to an aromatic ring is 1. The highest BCUT2D eigenvalue weighted by atomic mass is 79.9. The van der Waals surface area contributed by atoms with Crippen LogP contribution in [0.5, 0.6) is 0 Å². The topological polar surface area (TPSA) is 43.3 Å². The van der Waals surface area contributed by atoms with Crippen LogP contribution in [0.4, 0.5) is 10.2 Å². The number of aromatic nitrogens is 2. The fraction of sp³-hybridized carbons (Fsp3) is 0. The first kappa shape index (κ1) is 13.7. The van der Waals surface area contributed by atoms with Crippen LogP contribution in [-0.2, 0) is 0 Å². The molecule has 1 aromatic carbocycles. The van der Waals surface area contributed by atoms with Gasteiger partial charge in [-0.05, 0) is 34.1 Å². The molecule has 0 spiro atoms. The molecule has 2 heterocycles. The third-order valence-electron chi connectivity index (χ3n) is 2.87. The largest absolute Gasteiger partial charge is 0.383 e. The molecule has 2 N–H and O–H groups in total. The number of hydrogen-bond donors (Lipinski definition) is 1. The lowest BCUT2D eigenvalue weighted by Crippen LogP contribution is -1.94. The number of halogens is 4. The van der Waals surface area contributed by atoms with E-state index in [4.69, 9.17) is 28.9 Å². The van der Waals surface area contributed by atoms with Crippen molar-refractivity contribution in [2.45, 2.75) is 0 Å². The lowest BCUT2D eigenvalue weighted by molar-refractivity contribution is 0.621. The van der Waals surface area contributed by atoms with Gasteiger partial charge in [0.15, 0.2) is 5.65 Å². The van der Waals surface area contributed by atoms with Crippen LogP contribution in [0.2, 0.25) is 10.0 Å². The predicted octanol–water partition coefficient (Wildman–Crippen LogP) is 4.79. The SMILES string of the molecule is Nc1c(-c2ccc(Br)c(F)c2)nc2c(Cl)cc(Cl)cn12. The normalized spacial score (nSPS) is 11.2. The van der Waals surface area contributed by atoms with Crippen LogP contribution in [-0.4, -0.2) is 9.38 Å². The Balaban J connectivity index is 2.29. The minimum atomic E-state index is -0.386. The monoisotopic (exact) mass is 373 g/mol. The van der Waals surface area contributed by atoms with Gasteiger partial charge >= 0.3 is 0 Å². The lowest BCUT2D eigenvalue weighted by Gasteiger charge is -2.01. The predicted molar refractivity (Wildman–Crippen MR) is 82.7 cm³/mol. The number of anilines is 1. The molecular formula is C13H7BrCl2FN3. The summed E-state index contributed by atoms with van der Waals surface area (Å²) in [6, 6.07) is 6.26. The lowest BCUT2D eigenvalue weighted by atomic mass is 10.1. The van der Waals surface area contributed by atoms with Gasteiger partial charge in [0, 0.05) is 11.8 Å². The second kappa shape index (κ2) is 4.91. The van der Waals surface area contributed by atoms with Crippen LogP contribution >= 0.6 is 39.1 Å². The van der Waals surface area contributed by atoms with E-state index >= 15 is 0 Å². The fourth-order valence-corrected chi connectivity index (χ4v) is 2.71. The van der Waals surface area contributed by atoms with Crippen molar-refractivity contribution >= 4 is 50.6 Å². The standard InChI is InChI=1S/C13H7BrCl2FN3/c14-8-2-1-6(3-10(8)17)11-12(18)20-5-7(15)4-9(16)13(20)19-11/h1-5H,18H2. The van der Waals surface area contributed by atoms with Gasteiger partial charge < -0.3 is 5.73 Å².